The van der Waals surface area contributed by atoms with Crippen molar-refractivity contribution in [2.45, 2.75) is 19.8 Å². The number of carbonyl (C=O) groups is 1. The summed E-state index contributed by atoms with van der Waals surface area (Å²) in [5.74, 6) is 0.628. The van der Waals surface area contributed by atoms with E-state index in [0.29, 0.717) is 12.5 Å². The first-order chi connectivity index (χ1) is 11.8. The average molecular weight is 321 g/mol. The highest BCUT2D eigenvalue weighted by Crippen LogP contribution is 2.24. The molecule has 4 heteroatoms. The zero-order chi connectivity index (χ0) is 16.8. The molecule has 0 spiro atoms. The summed E-state index contributed by atoms with van der Waals surface area (Å²) in [4.78, 5) is 16.4. The van der Waals surface area contributed by atoms with Crippen molar-refractivity contribution in [3.05, 3.63) is 71.4 Å². The van der Waals surface area contributed by atoms with Crippen molar-refractivity contribution in [2.24, 2.45) is 4.99 Å². The summed E-state index contributed by atoms with van der Waals surface area (Å²) in [5.41, 5.74) is 1.88. The van der Waals surface area contributed by atoms with E-state index < -0.39 is 5.97 Å². The van der Waals surface area contributed by atoms with Gasteiger partial charge in [0.15, 0.2) is 5.70 Å². The van der Waals surface area contributed by atoms with E-state index >= 15 is 0 Å². The van der Waals surface area contributed by atoms with E-state index in [0.717, 1.165) is 29.7 Å². The third-order valence-corrected chi connectivity index (χ3v) is 3.61. The summed E-state index contributed by atoms with van der Waals surface area (Å²) in [5, 5.41) is 0. The van der Waals surface area contributed by atoms with Crippen molar-refractivity contribution in [3.63, 3.8) is 0 Å². The number of rotatable bonds is 6. The molecule has 0 unspecified atom stereocenters. The Morgan fingerprint density at radius 1 is 1.08 bits per heavy atom. The standard InChI is InChI=1S/C20H19NO3/c1-2-3-13-23-18-12-8-7-11-16(18)14-17-20(22)24-19(21-17)15-9-5-4-6-10-15/h4-12,14H,2-3,13H2,1H3. The second-order valence-corrected chi connectivity index (χ2v) is 5.44. The molecule has 2 aromatic rings. The molecule has 0 saturated carbocycles. The lowest BCUT2D eigenvalue weighted by Gasteiger charge is -2.08. The van der Waals surface area contributed by atoms with Crippen LogP contribution < -0.4 is 4.74 Å². The lowest BCUT2D eigenvalue weighted by Crippen LogP contribution is -2.05. The van der Waals surface area contributed by atoms with E-state index in [1.165, 1.54) is 0 Å². The van der Waals surface area contributed by atoms with Gasteiger partial charge in [0, 0.05) is 11.1 Å². The van der Waals surface area contributed by atoms with Crippen molar-refractivity contribution < 1.29 is 14.3 Å². The summed E-state index contributed by atoms with van der Waals surface area (Å²) in [7, 11) is 0. The maximum atomic E-state index is 12.1. The van der Waals surface area contributed by atoms with Gasteiger partial charge in [-0.05, 0) is 30.7 Å². The molecule has 1 aliphatic rings. The molecule has 0 aromatic heterocycles. The van der Waals surface area contributed by atoms with Crippen LogP contribution in [0.15, 0.2) is 65.3 Å². The van der Waals surface area contributed by atoms with E-state index in [9.17, 15) is 4.79 Å². The van der Waals surface area contributed by atoms with Gasteiger partial charge in [0.2, 0.25) is 5.90 Å². The summed E-state index contributed by atoms with van der Waals surface area (Å²) in [6, 6.07) is 17.0. The number of ether oxygens (including phenoxy) is 2. The van der Waals surface area contributed by atoms with Crippen LogP contribution in [0.25, 0.3) is 6.08 Å². The van der Waals surface area contributed by atoms with Crippen LogP contribution in [0.5, 0.6) is 5.75 Å². The van der Waals surface area contributed by atoms with Gasteiger partial charge in [0.1, 0.15) is 5.75 Å². The lowest BCUT2D eigenvalue weighted by molar-refractivity contribution is -0.129. The molecule has 0 bridgehead atoms. The largest absolute Gasteiger partial charge is 0.493 e. The fourth-order valence-corrected chi connectivity index (χ4v) is 2.32. The number of hydrogen-bond acceptors (Lipinski definition) is 4. The Bertz CT molecular complexity index is 778. The van der Waals surface area contributed by atoms with Crippen molar-refractivity contribution >= 4 is 17.9 Å². The minimum atomic E-state index is -0.447. The van der Waals surface area contributed by atoms with Crippen molar-refractivity contribution in [1.29, 1.82) is 0 Å². The molecule has 1 aliphatic heterocycles. The van der Waals surface area contributed by atoms with Crippen LogP contribution in [-0.2, 0) is 9.53 Å². The van der Waals surface area contributed by atoms with E-state index in [-0.39, 0.29) is 5.70 Å². The Kier molecular flexibility index (Phi) is 5.06. The van der Waals surface area contributed by atoms with E-state index in [4.69, 9.17) is 9.47 Å². The monoisotopic (exact) mass is 321 g/mol. The van der Waals surface area contributed by atoms with E-state index in [1.54, 1.807) is 6.08 Å². The van der Waals surface area contributed by atoms with Crippen LogP contribution in [-0.4, -0.2) is 18.5 Å². The van der Waals surface area contributed by atoms with Gasteiger partial charge in [-0.15, -0.1) is 0 Å². The summed E-state index contributed by atoms with van der Waals surface area (Å²) in [6.45, 7) is 2.77. The number of cyclic esters (lactones) is 1. The molecule has 3 rings (SSSR count). The molecule has 4 nitrogen and oxygen atoms in total. The maximum absolute atomic E-state index is 12.1. The van der Waals surface area contributed by atoms with Gasteiger partial charge >= 0.3 is 5.97 Å². The summed E-state index contributed by atoms with van der Waals surface area (Å²) < 4.78 is 11.1. The second kappa shape index (κ2) is 7.59. The Hall–Kier alpha value is -2.88. The first-order valence-electron chi connectivity index (χ1n) is 8.07. The Morgan fingerprint density at radius 2 is 1.83 bits per heavy atom. The number of carbonyl (C=O) groups excluding carboxylic acids is 1. The maximum Gasteiger partial charge on any atom is 0.363 e. The van der Waals surface area contributed by atoms with Gasteiger partial charge in [-0.3, -0.25) is 0 Å². The predicted octanol–water partition coefficient (Wildman–Crippen LogP) is 4.21. The van der Waals surface area contributed by atoms with Gasteiger partial charge in [-0.25, -0.2) is 9.79 Å². The Balaban J connectivity index is 1.86. The second-order valence-electron chi connectivity index (χ2n) is 5.44. The van der Waals surface area contributed by atoms with Gasteiger partial charge in [-0.1, -0.05) is 49.7 Å². The lowest BCUT2D eigenvalue weighted by atomic mass is 10.1. The fourth-order valence-electron chi connectivity index (χ4n) is 2.32. The van der Waals surface area contributed by atoms with Gasteiger partial charge < -0.3 is 9.47 Å². The number of nitrogens with zero attached hydrogens (tertiary/aromatic N) is 1. The molecule has 0 radical (unpaired) electrons. The molecule has 0 aliphatic carbocycles. The minimum absolute atomic E-state index is 0.278. The summed E-state index contributed by atoms with van der Waals surface area (Å²) >= 11 is 0. The molecule has 2 aromatic carbocycles. The highest BCUT2D eigenvalue weighted by Gasteiger charge is 2.24. The smallest absolute Gasteiger partial charge is 0.363 e. The highest BCUT2D eigenvalue weighted by atomic mass is 16.6. The first kappa shape index (κ1) is 16.0. The van der Waals surface area contributed by atoms with Crippen molar-refractivity contribution in [2.75, 3.05) is 6.61 Å². The molecule has 24 heavy (non-hydrogen) atoms. The molecule has 0 atom stereocenters. The molecule has 1 heterocycles. The van der Waals surface area contributed by atoms with Crippen LogP contribution in [0.1, 0.15) is 30.9 Å². The fraction of sp³-hybridized carbons (Fsp3) is 0.200. The first-order valence-corrected chi connectivity index (χ1v) is 8.07. The van der Waals surface area contributed by atoms with Crippen molar-refractivity contribution in [3.8, 4) is 5.75 Å². The van der Waals surface area contributed by atoms with Crippen LogP contribution >= 0.6 is 0 Å². The number of benzene rings is 2. The predicted molar refractivity (Wildman–Crippen MR) is 93.9 cm³/mol. The zero-order valence-corrected chi connectivity index (χ0v) is 13.6. The average Bonchev–Trinajstić information content (AvgIpc) is 2.98. The third kappa shape index (κ3) is 3.71. The third-order valence-electron chi connectivity index (χ3n) is 3.61. The van der Waals surface area contributed by atoms with Gasteiger partial charge in [-0.2, -0.15) is 0 Å². The van der Waals surface area contributed by atoms with Crippen LogP contribution in [0, 0.1) is 0 Å². The van der Waals surface area contributed by atoms with Gasteiger partial charge in [0.25, 0.3) is 0 Å². The molecule has 0 fully saturated rings. The quantitative estimate of drug-likeness (QED) is 0.455. The topological polar surface area (TPSA) is 47.9 Å². The summed E-state index contributed by atoms with van der Waals surface area (Å²) in [6.07, 6.45) is 3.77. The number of para-hydroxylation sites is 1. The molecular weight excluding hydrogens is 302 g/mol. The van der Waals surface area contributed by atoms with E-state index in [1.807, 2.05) is 54.6 Å². The van der Waals surface area contributed by atoms with Crippen LogP contribution in [0.2, 0.25) is 0 Å². The number of hydrogen-bond donors (Lipinski definition) is 0. The van der Waals surface area contributed by atoms with Crippen LogP contribution in [0.4, 0.5) is 0 Å². The molecule has 0 N–H and O–H groups in total. The number of aliphatic imine (C=N–C) groups is 1. The van der Waals surface area contributed by atoms with Crippen molar-refractivity contribution in [1.82, 2.24) is 0 Å². The number of esters is 1. The molecular formula is C20H19NO3. The SMILES string of the molecule is CCCCOc1ccccc1C=C1N=C(c2ccccc2)OC1=O. The van der Waals surface area contributed by atoms with Gasteiger partial charge in [0.05, 0.1) is 6.61 Å². The van der Waals surface area contributed by atoms with E-state index in [2.05, 4.69) is 11.9 Å². The molecule has 0 saturated heterocycles. The molecule has 122 valence electrons. The van der Waals surface area contributed by atoms with Crippen LogP contribution in [0.3, 0.4) is 0 Å². The molecule has 0 amide bonds. The highest BCUT2D eigenvalue weighted by molar-refractivity contribution is 6.12. The normalized spacial score (nSPS) is 15.3. The minimum Gasteiger partial charge on any atom is -0.493 e. The Morgan fingerprint density at radius 3 is 2.62 bits per heavy atom. The zero-order valence-electron chi connectivity index (χ0n) is 13.6. The Labute approximate surface area is 141 Å². The number of unbranched alkanes of at least 4 members (excludes halogenated alkanes) is 1.